The van der Waals surface area contributed by atoms with Gasteiger partial charge in [-0.05, 0) is 109 Å². The van der Waals surface area contributed by atoms with Crippen LogP contribution in [0.3, 0.4) is 0 Å². The maximum atomic E-state index is 12.7. The Morgan fingerprint density at radius 3 is 1.45 bits per heavy atom. The largest absolute Gasteiger partial charge is 0.480 e. The molecule has 0 aromatic carbocycles. The van der Waals surface area contributed by atoms with Crippen LogP contribution in [0.5, 0.6) is 0 Å². The monoisotopic (exact) mass is 779 g/mol. The van der Waals surface area contributed by atoms with Crippen LogP contribution < -0.4 is 11.1 Å². The molecule has 0 aromatic heterocycles. The van der Waals surface area contributed by atoms with Crippen molar-refractivity contribution in [1.29, 1.82) is 0 Å². The molecule has 0 saturated carbocycles. The van der Waals surface area contributed by atoms with E-state index in [1.165, 1.54) is 38.5 Å². The standard InChI is InChI=1S/C49H82N2O5/c1-3-5-7-9-11-12-13-14-15-16-17-18-19-20-21-22-23-24-25-26-28-33-37-43-48(53)56-45(39-34-30-27-10-8-6-4-2)40-35-31-29-32-36-42-47(52)51-46(49(54)55)41-38-44-50/h5,7,11-12,14-15,17-18,20-21,23-24,26,28,45-46H,3-4,6,8-10,13,16,19,22,25,27,29-44,50H2,1-2H3,(H,51,52)(H,54,55)/b7-5-,12-11-,15-14-,18-17-,21-20-,24-23-,28-26-. The lowest BCUT2D eigenvalue weighted by molar-refractivity contribution is -0.150. The quantitative estimate of drug-likeness (QED) is 0.0325. The van der Waals surface area contributed by atoms with Gasteiger partial charge in [0.05, 0.1) is 0 Å². The highest BCUT2D eigenvalue weighted by Crippen LogP contribution is 2.18. The molecule has 1 amide bonds. The third kappa shape index (κ3) is 38.8. The Labute approximate surface area is 343 Å². The van der Waals surface area contributed by atoms with E-state index in [0.717, 1.165) is 109 Å². The fraction of sp³-hybridized carbons (Fsp3) is 0.653. The average Bonchev–Trinajstić information content (AvgIpc) is 3.18. The molecule has 7 nitrogen and oxygen atoms in total. The number of amides is 1. The van der Waals surface area contributed by atoms with Crippen molar-refractivity contribution < 1.29 is 24.2 Å². The van der Waals surface area contributed by atoms with Gasteiger partial charge in [-0.25, -0.2) is 4.79 Å². The van der Waals surface area contributed by atoms with Crippen molar-refractivity contribution in [2.75, 3.05) is 6.54 Å². The predicted molar refractivity (Wildman–Crippen MR) is 238 cm³/mol. The number of carboxylic acid groups (broad SMARTS) is 1. The number of carbonyl (C=O) groups excluding carboxylic acids is 2. The first-order valence-electron chi connectivity index (χ1n) is 22.4. The van der Waals surface area contributed by atoms with E-state index in [9.17, 15) is 19.5 Å². The van der Waals surface area contributed by atoms with Crippen molar-refractivity contribution in [2.24, 2.45) is 5.73 Å². The second-order valence-electron chi connectivity index (χ2n) is 14.7. The molecule has 0 rings (SSSR count). The molecular formula is C49H82N2O5. The van der Waals surface area contributed by atoms with Gasteiger partial charge in [0.2, 0.25) is 5.91 Å². The summed E-state index contributed by atoms with van der Waals surface area (Å²) in [5, 5.41) is 11.9. The molecule has 0 heterocycles. The van der Waals surface area contributed by atoms with E-state index in [0.29, 0.717) is 32.2 Å². The van der Waals surface area contributed by atoms with Crippen molar-refractivity contribution in [3.8, 4) is 0 Å². The van der Waals surface area contributed by atoms with Crippen molar-refractivity contribution in [1.82, 2.24) is 5.32 Å². The highest BCUT2D eigenvalue weighted by Gasteiger charge is 2.19. The van der Waals surface area contributed by atoms with E-state index in [1.807, 2.05) is 0 Å². The van der Waals surface area contributed by atoms with E-state index in [2.05, 4.69) is 104 Å². The maximum Gasteiger partial charge on any atom is 0.326 e. The maximum absolute atomic E-state index is 12.7. The first kappa shape index (κ1) is 52.6. The lowest BCUT2D eigenvalue weighted by atomic mass is 10.0. The number of carbonyl (C=O) groups is 3. The minimum atomic E-state index is -1.01. The Balaban J connectivity index is 4.26. The van der Waals surface area contributed by atoms with Gasteiger partial charge >= 0.3 is 11.9 Å². The Morgan fingerprint density at radius 1 is 0.536 bits per heavy atom. The molecule has 318 valence electrons. The lowest BCUT2D eigenvalue weighted by Crippen LogP contribution is -2.40. The van der Waals surface area contributed by atoms with Crippen molar-refractivity contribution in [3.63, 3.8) is 0 Å². The third-order valence-electron chi connectivity index (χ3n) is 9.47. The minimum absolute atomic E-state index is 0.0194. The molecule has 0 saturated heterocycles. The smallest absolute Gasteiger partial charge is 0.326 e. The Bertz CT molecular complexity index is 1150. The minimum Gasteiger partial charge on any atom is -0.480 e. The lowest BCUT2D eigenvalue weighted by Gasteiger charge is -2.18. The number of hydrogen-bond acceptors (Lipinski definition) is 5. The van der Waals surface area contributed by atoms with Crippen molar-refractivity contribution >= 4 is 17.8 Å². The molecule has 0 spiro atoms. The number of hydrogen-bond donors (Lipinski definition) is 3. The molecule has 0 aromatic rings. The molecule has 2 unspecified atom stereocenters. The fourth-order valence-electron chi connectivity index (χ4n) is 6.14. The number of nitrogens with one attached hydrogen (secondary N) is 1. The Morgan fingerprint density at radius 2 is 0.982 bits per heavy atom. The van der Waals surface area contributed by atoms with Crippen LogP contribution in [0.2, 0.25) is 0 Å². The summed E-state index contributed by atoms with van der Waals surface area (Å²) >= 11 is 0. The van der Waals surface area contributed by atoms with Crippen LogP contribution in [0.25, 0.3) is 0 Å². The summed E-state index contributed by atoms with van der Waals surface area (Å²) < 4.78 is 5.99. The summed E-state index contributed by atoms with van der Waals surface area (Å²) in [7, 11) is 0. The fourth-order valence-corrected chi connectivity index (χ4v) is 6.14. The summed E-state index contributed by atoms with van der Waals surface area (Å²) in [6.45, 7) is 4.80. The molecule has 0 fully saturated rings. The van der Waals surface area contributed by atoms with Gasteiger partial charge in [0.15, 0.2) is 0 Å². The zero-order valence-electron chi connectivity index (χ0n) is 35.7. The van der Waals surface area contributed by atoms with E-state index in [4.69, 9.17) is 10.5 Å². The van der Waals surface area contributed by atoms with Gasteiger partial charge < -0.3 is 20.9 Å². The van der Waals surface area contributed by atoms with Crippen LogP contribution >= 0.6 is 0 Å². The van der Waals surface area contributed by atoms with E-state index < -0.39 is 12.0 Å². The molecule has 0 aliphatic carbocycles. The van der Waals surface area contributed by atoms with E-state index in [-0.39, 0.29) is 18.0 Å². The van der Waals surface area contributed by atoms with Crippen LogP contribution in [-0.4, -0.2) is 41.6 Å². The third-order valence-corrected chi connectivity index (χ3v) is 9.47. The summed E-state index contributed by atoms with van der Waals surface area (Å²) in [6.07, 6.45) is 56.4. The molecule has 4 N–H and O–H groups in total. The normalized spacial score (nSPS) is 13.5. The Hall–Kier alpha value is -3.45. The zero-order chi connectivity index (χ0) is 41.0. The highest BCUT2D eigenvalue weighted by atomic mass is 16.5. The summed E-state index contributed by atoms with van der Waals surface area (Å²) in [6, 6.07) is -0.863. The average molecular weight is 779 g/mol. The van der Waals surface area contributed by atoms with Gasteiger partial charge in [-0.2, -0.15) is 0 Å². The number of esters is 1. The zero-order valence-corrected chi connectivity index (χ0v) is 35.7. The summed E-state index contributed by atoms with van der Waals surface area (Å²) in [5.74, 6) is -1.31. The van der Waals surface area contributed by atoms with E-state index >= 15 is 0 Å². The van der Waals surface area contributed by atoms with Crippen molar-refractivity contribution in [2.45, 2.75) is 199 Å². The number of nitrogens with two attached hydrogens (primary N) is 1. The molecule has 0 radical (unpaired) electrons. The second-order valence-corrected chi connectivity index (χ2v) is 14.7. The number of carboxylic acids is 1. The number of unbranched alkanes of at least 4 members (excludes halogenated alkanes) is 11. The summed E-state index contributed by atoms with van der Waals surface area (Å²) in [4.78, 5) is 36.3. The highest BCUT2D eigenvalue weighted by molar-refractivity contribution is 5.83. The number of rotatable bonds is 39. The van der Waals surface area contributed by atoms with Gasteiger partial charge in [-0.3, -0.25) is 9.59 Å². The predicted octanol–water partition coefficient (Wildman–Crippen LogP) is 12.9. The second kappa shape index (κ2) is 42.7. The van der Waals surface area contributed by atoms with Crippen LogP contribution in [0.4, 0.5) is 0 Å². The molecule has 56 heavy (non-hydrogen) atoms. The number of allylic oxidation sites excluding steroid dienone is 14. The van der Waals surface area contributed by atoms with Crippen molar-refractivity contribution in [3.05, 3.63) is 85.1 Å². The number of ether oxygens (including phenoxy) is 1. The first-order valence-corrected chi connectivity index (χ1v) is 22.4. The summed E-state index contributed by atoms with van der Waals surface area (Å²) in [5.41, 5.74) is 5.48. The van der Waals surface area contributed by atoms with Gasteiger partial charge in [0.25, 0.3) is 0 Å². The van der Waals surface area contributed by atoms with Gasteiger partial charge in [-0.1, -0.05) is 157 Å². The topological polar surface area (TPSA) is 119 Å². The van der Waals surface area contributed by atoms with Crippen LogP contribution in [0.1, 0.15) is 187 Å². The molecule has 0 aliphatic heterocycles. The SMILES string of the molecule is CC/C=C\C/C=C\C/C=C\C/C=C\C/C=C\C/C=C\C/C=C\CCCC(=O)OC(CCCCCCCCC)CCCCCCCC(=O)NC(CCCN)C(=O)O. The van der Waals surface area contributed by atoms with E-state index in [1.54, 1.807) is 0 Å². The molecule has 0 bridgehead atoms. The van der Waals surface area contributed by atoms with Gasteiger partial charge in [-0.15, -0.1) is 0 Å². The first-order chi connectivity index (χ1) is 27.4. The number of aliphatic carboxylic acids is 1. The molecule has 2 atom stereocenters. The van der Waals surface area contributed by atoms with Crippen LogP contribution in [0.15, 0.2) is 85.1 Å². The van der Waals surface area contributed by atoms with Crippen LogP contribution in [-0.2, 0) is 19.1 Å². The molecule has 0 aliphatic rings. The van der Waals surface area contributed by atoms with Gasteiger partial charge in [0.1, 0.15) is 12.1 Å². The molecular weight excluding hydrogens is 697 g/mol. The molecule has 7 heteroatoms. The van der Waals surface area contributed by atoms with Gasteiger partial charge in [0, 0.05) is 12.8 Å². The van der Waals surface area contributed by atoms with Crippen LogP contribution in [0, 0.1) is 0 Å². The Kier molecular flexibility index (Phi) is 40.1.